The number of allylic oxidation sites excluding steroid dienone is 1. The van der Waals surface area contributed by atoms with Gasteiger partial charge in [0.1, 0.15) is 11.5 Å². The average Bonchev–Trinajstić information content (AvgIpc) is 2.84. The number of nitro benzene ring substituents is 1. The Morgan fingerprint density at radius 1 is 1.30 bits per heavy atom. The van der Waals surface area contributed by atoms with Gasteiger partial charge in [-0.15, -0.1) is 0 Å². The number of halogens is 2. The summed E-state index contributed by atoms with van der Waals surface area (Å²) in [5.41, 5.74) is 0.423. The van der Waals surface area contributed by atoms with Crippen molar-refractivity contribution in [2.75, 3.05) is 0 Å². The zero-order chi connectivity index (χ0) is 14.7. The van der Waals surface area contributed by atoms with Gasteiger partial charge < -0.3 is 4.42 Å². The molecule has 102 valence electrons. The van der Waals surface area contributed by atoms with E-state index in [0.29, 0.717) is 17.1 Å². The molecule has 0 aliphatic heterocycles. The lowest BCUT2D eigenvalue weighted by atomic mass is 10.1. The van der Waals surface area contributed by atoms with Crippen LogP contribution in [-0.4, -0.2) is 10.2 Å². The molecule has 2 aromatic rings. The lowest BCUT2D eigenvalue weighted by Gasteiger charge is -2.00. The molecule has 2 rings (SSSR count). The molecule has 1 aromatic carbocycles. The predicted molar refractivity (Wildman–Crippen MR) is 75.7 cm³/mol. The van der Waals surface area contributed by atoms with Crippen LogP contribution in [-0.2, 0) is 4.79 Å². The van der Waals surface area contributed by atoms with E-state index in [4.69, 9.17) is 27.6 Å². The molecule has 20 heavy (non-hydrogen) atoms. The van der Waals surface area contributed by atoms with Crippen LogP contribution in [0.4, 0.5) is 5.69 Å². The first-order valence-corrected chi connectivity index (χ1v) is 6.14. The fourth-order valence-corrected chi connectivity index (χ4v) is 1.88. The number of rotatable bonds is 4. The van der Waals surface area contributed by atoms with E-state index in [2.05, 4.69) is 0 Å². The maximum absolute atomic E-state index is 10.6. The third kappa shape index (κ3) is 3.26. The molecule has 0 saturated heterocycles. The molecule has 0 atom stereocenters. The van der Waals surface area contributed by atoms with E-state index in [1.165, 1.54) is 24.3 Å². The molecule has 0 bridgehead atoms. The molecule has 7 heteroatoms. The molecule has 0 spiro atoms. The molecule has 1 aromatic heterocycles. The number of furan rings is 1. The molecule has 1 heterocycles. The van der Waals surface area contributed by atoms with Crippen LogP contribution in [0.2, 0.25) is 5.02 Å². The first-order chi connectivity index (χ1) is 9.47. The van der Waals surface area contributed by atoms with Crippen molar-refractivity contribution in [3.63, 3.8) is 0 Å². The maximum atomic E-state index is 10.6. The van der Waals surface area contributed by atoms with Gasteiger partial charge in [-0.25, -0.2) is 0 Å². The number of non-ortho nitro benzene ring substituents is 1. The lowest BCUT2D eigenvalue weighted by molar-refractivity contribution is -0.384. The normalized spacial score (nSPS) is 10.9. The highest BCUT2D eigenvalue weighted by atomic mass is 35.5. The number of nitrogens with zero attached hydrogens (tertiary/aromatic N) is 1. The second-order valence-electron chi connectivity index (χ2n) is 3.76. The third-order valence-corrected chi connectivity index (χ3v) is 2.87. The molecule has 0 fully saturated rings. The monoisotopic (exact) mass is 311 g/mol. The zero-order valence-corrected chi connectivity index (χ0v) is 11.4. The van der Waals surface area contributed by atoms with E-state index in [0.717, 1.165) is 6.08 Å². The Morgan fingerprint density at radius 3 is 2.65 bits per heavy atom. The standard InChI is InChI=1S/C13H7Cl2NO4/c14-11-7-8(16(18)19)1-4-10(11)12-5-2-9(20-12)3-6-13(15)17/h1-7H/b6-3+. The SMILES string of the molecule is O=C(Cl)/C=C/c1ccc(-c2ccc([N+](=O)[O-])cc2Cl)o1. The highest BCUT2D eigenvalue weighted by molar-refractivity contribution is 6.66. The van der Waals surface area contributed by atoms with E-state index >= 15 is 0 Å². The van der Waals surface area contributed by atoms with Crippen LogP contribution in [0.25, 0.3) is 17.4 Å². The Balaban J connectivity index is 2.33. The minimum absolute atomic E-state index is 0.0989. The quantitative estimate of drug-likeness (QED) is 0.365. The van der Waals surface area contributed by atoms with Gasteiger partial charge in [0.05, 0.1) is 9.95 Å². The van der Waals surface area contributed by atoms with Crippen LogP contribution in [0.3, 0.4) is 0 Å². The summed E-state index contributed by atoms with van der Waals surface area (Å²) in [5.74, 6) is 0.856. The second-order valence-corrected chi connectivity index (χ2v) is 4.54. The molecule has 0 aliphatic rings. The summed E-state index contributed by atoms with van der Waals surface area (Å²) >= 11 is 11.2. The topological polar surface area (TPSA) is 73.3 Å². The number of hydrogen-bond acceptors (Lipinski definition) is 4. The zero-order valence-electron chi connectivity index (χ0n) is 9.88. The van der Waals surface area contributed by atoms with Gasteiger partial charge in [-0.2, -0.15) is 0 Å². The maximum Gasteiger partial charge on any atom is 0.270 e. The highest BCUT2D eigenvalue weighted by Crippen LogP contribution is 2.32. The largest absolute Gasteiger partial charge is 0.457 e. The molecule has 0 unspecified atom stereocenters. The fourth-order valence-electron chi connectivity index (χ4n) is 1.55. The highest BCUT2D eigenvalue weighted by Gasteiger charge is 2.13. The minimum atomic E-state index is -0.615. The van der Waals surface area contributed by atoms with Crippen molar-refractivity contribution in [1.29, 1.82) is 0 Å². The second kappa shape index (κ2) is 5.90. The van der Waals surface area contributed by atoms with Gasteiger partial charge in [0.15, 0.2) is 0 Å². The fraction of sp³-hybridized carbons (Fsp3) is 0. The molecule has 5 nitrogen and oxygen atoms in total. The van der Waals surface area contributed by atoms with Crippen LogP contribution in [0.15, 0.2) is 40.8 Å². The van der Waals surface area contributed by atoms with E-state index in [-0.39, 0.29) is 10.7 Å². The summed E-state index contributed by atoms with van der Waals surface area (Å²) < 4.78 is 5.45. The van der Waals surface area contributed by atoms with Gasteiger partial charge in [-0.3, -0.25) is 14.9 Å². The summed E-state index contributed by atoms with van der Waals surface area (Å²) in [7, 11) is 0. The van der Waals surface area contributed by atoms with Crippen molar-refractivity contribution in [1.82, 2.24) is 0 Å². The van der Waals surface area contributed by atoms with Crippen LogP contribution >= 0.6 is 23.2 Å². The summed E-state index contributed by atoms with van der Waals surface area (Å²) in [6.45, 7) is 0. The molecule has 0 aliphatic carbocycles. The number of nitro groups is 1. The number of benzene rings is 1. The van der Waals surface area contributed by atoms with Crippen molar-refractivity contribution in [2.24, 2.45) is 0 Å². The molecule has 0 amide bonds. The van der Waals surface area contributed by atoms with Crippen LogP contribution < -0.4 is 0 Å². The molecule has 0 radical (unpaired) electrons. The number of carbonyl (C=O) groups excluding carboxylic acids is 1. The van der Waals surface area contributed by atoms with Gasteiger partial charge in [0.25, 0.3) is 5.69 Å². The molecule has 0 saturated carbocycles. The molecule has 0 N–H and O–H groups in total. The van der Waals surface area contributed by atoms with Crippen molar-refractivity contribution < 1.29 is 14.1 Å². The first kappa shape index (κ1) is 14.3. The Hall–Kier alpha value is -2.11. The minimum Gasteiger partial charge on any atom is -0.457 e. The van der Waals surface area contributed by atoms with E-state index in [9.17, 15) is 14.9 Å². The first-order valence-electron chi connectivity index (χ1n) is 5.39. The number of hydrogen-bond donors (Lipinski definition) is 0. The van der Waals surface area contributed by atoms with Gasteiger partial charge in [0.2, 0.25) is 5.24 Å². The summed E-state index contributed by atoms with van der Waals surface area (Å²) in [6, 6.07) is 7.35. The van der Waals surface area contributed by atoms with Gasteiger partial charge >= 0.3 is 0 Å². The van der Waals surface area contributed by atoms with Crippen molar-refractivity contribution in [2.45, 2.75) is 0 Å². The third-order valence-electron chi connectivity index (χ3n) is 2.43. The van der Waals surface area contributed by atoms with Gasteiger partial charge in [-0.05, 0) is 35.9 Å². The summed E-state index contributed by atoms with van der Waals surface area (Å²) in [6.07, 6.45) is 2.57. The predicted octanol–water partition coefficient (Wildman–Crippen LogP) is 4.29. The van der Waals surface area contributed by atoms with Crippen LogP contribution in [0.1, 0.15) is 5.76 Å². The Morgan fingerprint density at radius 2 is 2.05 bits per heavy atom. The Bertz CT molecular complexity index is 706. The van der Waals surface area contributed by atoms with Crippen molar-refractivity contribution in [3.8, 4) is 11.3 Å². The average molecular weight is 312 g/mol. The van der Waals surface area contributed by atoms with Crippen molar-refractivity contribution in [3.05, 3.63) is 57.3 Å². The van der Waals surface area contributed by atoms with Gasteiger partial charge in [0, 0.05) is 23.8 Å². The number of carbonyl (C=O) groups is 1. The van der Waals surface area contributed by atoms with Crippen LogP contribution in [0.5, 0.6) is 0 Å². The van der Waals surface area contributed by atoms with E-state index in [1.807, 2.05) is 0 Å². The Labute approximate surface area is 123 Å². The Kier molecular flexibility index (Phi) is 4.22. The van der Waals surface area contributed by atoms with Crippen LogP contribution in [0, 0.1) is 10.1 Å². The lowest BCUT2D eigenvalue weighted by Crippen LogP contribution is -1.88. The van der Waals surface area contributed by atoms with E-state index < -0.39 is 10.2 Å². The van der Waals surface area contributed by atoms with Gasteiger partial charge in [-0.1, -0.05) is 11.6 Å². The van der Waals surface area contributed by atoms with Crippen molar-refractivity contribution >= 4 is 40.2 Å². The smallest absolute Gasteiger partial charge is 0.270 e. The molecular formula is C13H7Cl2NO4. The molecular weight excluding hydrogens is 305 g/mol. The summed E-state index contributed by atoms with van der Waals surface area (Å²) in [5, 5.41) is 10.2. The summed E-state index contributed by atoms with van der Waals surface area (Å²) in [4.78, 5) is 20.7. The van der Waals surface area contributed by atoms with E-state index in [1.54, 1.807) is 12.1 Å².